The van der Waals surface area contributed by atoms with Crippen LogP contribution in [0.5, 0.6) is 5.88 Å². The number of hydrogen-bond acceptors (Lipinski definition) is 6. The van der Waals surface area contributed by atoms with Crippen molar-refractivity contribution in [1.82, 2.24) is 14.9 Å². The summed E-state index contributed by atoms with van der Waals surface area (Å²) in [6.07, 6.45) is 5.48. The second-order valence-electron chi connectivity index (χ2n) is 7.11. The van der Waals surface area contributed by atoms with Crippen molar-refractivity contribution in [3.63, 3.8) is 0 Å². The van der Waals surface area contributed by atoms with Crippen molar-refractivity contribution in [3.8, 4) is 5.88 Å². The standard InChI is InChI=1S/C19H24N4O3.C2H4O2/c1-13-7-9-23(12-14-4-3-8-20-10-14)19(25)17(13)18(24)22-15-5-6-16(26-2)21-11-15;1-2(3)4/h5-7,9,11,14,20H,3-4,8,10,12H2,1-2H3,(H,22,24);1H3,(H,3,4). The minimum Gasteiger partial charge on any atom is -0.481 e. The summed E-state index contributed by atoms with van der Waals surface area (Å²) in [5, 5.41) is 13.5. The van der Waals surface area contributed by atoms with Crippen LogP contribution in [0.3, 0.4) is 0 Å². The number of carboxylic acid groups (broad SMARTS) is 1. The lowest BCUT2D eigenvalue weighted by Crippen LogP contribution is -2.36. The van der Waals surface area contributed by atoms with Crippen LogP contribution in [0.2, 0.25) is 0 Å². The molecule has 9 heteroatoms. The van der Waals surface area contributed by atoms with E-state index in [4.69, 9.17) is 14.6 Å². The number of hydrogen-bond donors (Lipinski definition) is 3. The van der Waals surface area contributed by atoms with Gasteiger partial charge in [0.25, 0.3) is 17.4 Å². The Kier molecular flexibility index (Phi) is 8.54. The first-order chi connectivity index (χ1) is 14.3. The summed E-state index contributed by atoms with van der Waals surface area (Å²) in [5.74, 6) is -0.385. The van der Waals surface area contributed by atoms with Crippen molar-refractivity contribution in [2.45, 2.75) is 33.2 Å². The van der Waals surface area contributed by atoms with Crippen molar-refractivity contribution in [1.29, 1.82) is 0 Å². The lowest BCUT2D eigenvalue weighted by atomic mass is 9.99. The fraction of sp³-hybridized carbons (Fsp3) is 0.429. The van der Waals surface area contributed by atoms with Gasteiger partial charge in [-0.3, -0.25) is 14.4 Å². The third-order valence-corrected chi connectivity index (χ3v) is 4.66. The highest BCUT2D eigenvalue weighted by Crippen LogP contribution is 2.14. The molecule has 0 bridgehead atoms. The summed E-state index contributed by atoms with van der Waals surface area (Å²) >= 11 is 0. The molecule has 2 aromatic heterocycles. The van der Waals surface area contributed by atoms with Gasteiger partial charge in [0, 0.05) is 25.7 Å². The zero-order valence-electron chi connectivity index (χ0n) is 17.5. The maximum Gasteiger partial charge on any atom is 0.300 e. The Hall–Kier alpha value is -3.20. The number of pyridine rings is 2. The molecule has 2 aromatic rings. The van der Waals surface area contributed by atoms with E-state index in [2.05, 4.69) is 15.6 Å². The molecule has 3 N–H and O–H groups in total. The first kappa shape index (κ1) is 23.1. The predicted molar refractivity (Wildman–Crippen MR) is 113 cm³/mol. The number of nitrogens with one attached hydrogen (secondary N) is 2. The number of piperidine rings is 1. The van der Waals surface area contributed by atoms with Crippen LogP contribution in [-0.2, 0) is 11.3 Å². The smallest absolute Gasteiger partial charge is 0.300 e. The van der Waals surface area contributed by atoms with Gasteiger partial charge in [-0.15, -0.1) is 0 Å². The Bertz CT molecular complexity index is 914. The van der Waals surface area contributed by atoms with Gasteiger partial charge in [0.05, 0.1) is 19.0 Å². The SMILES string of the molecule is CC(=O)O.COc1ccc(NC(=O)c2c(C)ccn(CC3CCCNC3)c2=O)cn1. The number of carbonyl (C=O) groups is 2. The third kappa shape index (κ3) is 6.70. The minimum atomic E-state index is -0.833. The van der Waals surface area contributed by atoms with Crippen LogP contribution in [-0.4, -0.2) is 46.7 Å². The first-order valence-corrected chi connectivity index (χ1v) is 9.73. The van der Waals surface area contributed by atoms with Gasteiger partial charge in [-0.1, -0.05) is 0 Å². The first-order valence-electron chi connectivity index (χ1n) is 9.73. The van der Waals surface area contributed by atoms with Gasteiger partial charge >= 0.3 is 0 Å². The Morgan fingerprint density at radius 1 is 1.37 bits per heavy atom. The van der Waals surface area contributed by atoms with Gasteiger partial charge in [0.1, 0.15) is 5.56 Å². The Morgan fingerprint density at radius 2 is 2.10 bits per heavy atom. The monoisotopic (exact) mass is 416 g/mol. The molecule has 0 aromatic carbocycles. The number of aryl methyl sites for hydroxylation is 1. The maximum absolute atomic E-state index is 12.8. The number of amides is 1. The van der Waals surface area contributed by atoms with E-state index in [1.807, 2.05) is 6.07 Å². The molecule has 162 valence electrons. The summed E-state index contributed by atoms with van der Waals surface area (Å²) in [6, 6.07) is 5.16. The highest BCUT2D eigenvalue weighted by atomic mass is 16.5. The average Bonchev–Trinajstić information content (AvgIpc) is 2.71. The van der Waals surface area contributed by atoms with E-state index in [9.17, 15) is 9.59 Å². The summed E-state index contributed by atoms with van der Waals surface area (Å²) < 4.78 is 6.65. The summed E-state index contributed by atoms with van der Waals surface area (Å²) in [4.78, 5) is 38.6. The van der Waals surface area contributed by atoms with Crippen LogP contribution in [0.1, 0.15) is 35.7 Å². The fourth-order valence-corrected chi connectivity index (χ4v) is 3.21. The molecule has 0 radical (unpaired) electrons. The largest absolute Gasteiger partial charge is 0.481 e. The molecule has 1 atom stereocenters. The number of ether oxygens (including phenoxy) is 1. The normalized spacial score (nSPS) is 15.5. The lowest BCUT2D eigenvalue weighted by Gasteiger charge is -2.23. The molecule has 0 aliphatic carbocycles. The lowest BCUT2D eigenvalue weighted by molar-refractivity contribution is -0.134. The predicted octanol–water partition coefficient (Wildman–Crippen LogP) is 1.90. The molecule has 0 saturated carbocycles. The van der Waals surface area contributed by atoms with Gasteiger partial charge in [-0.25, -0.2) is 4.98 Å². The Balaban J connectivity index is 0.000000735. The number of aliphatic carboxylic acids is 1. The van der Waals surface area contributed by atoms with Crippen LogP contribution in [0.25, 0.3) is 0 Å². The zero-order valence-corrected chi connectivity index (χ0v) is 17.5. The van der Waals surface area contributed by atoms with Crippen molar-refractivity contribution >= 4 is 17.6 Å². The molecule has 1 aliphatic heterocycles. The van der Waals surface area contributed by atoms with Gasteiger partial charge in [0.2, 0.25) is 5.88 Å². The number of carboxylic acids is 1. The second-order valence-corrected chi connectivity index (χ2v) is 7.11. The average molecular weight is 416 g/mol. The van der Waals surface area contributed by atoms with Crippen molar-refractivity contribution in [2.75, 3.05) is 25.5 Å². The van der Waals surface area contributed by atoms with Gasteiger partial charge < -0.3 is 25.0 Å². The summed E-state index contributed by atoms with van der Waals surface area (Å²) in [6.45, 7) is 5.41. The number of anilines is 1. The van der Waals surface area contributed by atoms with E-state index in [0.29, 0.717) is 29.6 Å². The van der Waals surface area contributed by atoms with Crippen molar-refractivity contribution in [3.05, 3.63) is 52.1 Å². The minimum absolute atomic E-state index is 0.173. The van der Waals surface area contributed by atoms with Gasteiger partial charge in [-0.2, -0.15) is 0 Å². The highest BCUT2D eigenvalue weighted by molar-refractivity contribution is 6.04. The maximum atomic E-state index is 12.8. The molecular formula is C21H28N4O5. The molecule has 0 spiro atoms. The molecule has 1 saturated heterocycles. The highest BCUT2D eigenvalue weighted by Gasteiger charge is 2.19. The number of methoxy groups -OCH3 is 1. The molecule has 1 amide bonds. The van der Waals surface area contributed by atoms with E-state index >= 15 is 0 Å². The number of nitrogens with zero attached hydrogens (tertiary/aromatic N) is 2. The van der Waals surface area contributed by atoms with Gasteiger partial charge in [0.15, 0.2) is 0 Å². The quantitative estimate of drug-likeness (QED) is 0.680. The number of carbonyl (C=O) groups excluding carboxylic acids is 1. The van der Waals surface area contributed by atoms with E-state index < -0.39 is 11.9 Å². The Morgan fingerprint density at radius 3 is 2.67 bits per heavy atom. The molecule has 3 rings (SSSR count). The van der Waals surface area contributed by atoms with Crippen molar-refractivity contribution < 1.29 is 19.4 Å². The number of rotatable bonds is 5. The molecule has 9 nitrogen and oxygen atoms in total. The topological polar surface area (TPSA) is 123 Å². The van der Waals surface area contributed by atoms with E-state index in [-0.39, 0.29) is 11.1 Å². The van der Waals surface area contributed by atoms with Crippen molar-refractivity contribution in [2.24, 2.45) is 5.92 Å². The van der Waals surface area contributed by atoms with Crippen LogP contribution < -0.4 is 20.9 Å². The van der Waals surface area contributed by atoms with E-state index in [1.54, 1.807) is 29.8 Å². The van der Waals surface area contributed by atoms with Gasteiger partial charge in [-0.05, 0) is 56.5 Å². The molecule has 30 heavy (non-hydrogen) atoms. The van der Waals surface area contributed by atoms with E-state index in [1.165, 1.54) is 13.3 Å². The van der Waals surface area contributed by atoms with Crippen LogP contribution in [0.15, 0.2) is 35.4 Å². The van der Waals surface area contributed by atoms with Crippen LogP contribution >= 0.6 is 0 Å². The molecule has 1 fully saturated rings. The molecule has 3 heterocycles. The molecule has 1 unspecified atom stereocenters. The summed E-state index contributed by atoms with van der Waals surface area (Å²) in [7, 11) is 1.53. The summed E-state index contributed by atoms with van der Waals surface area (Å²) in [5.41, 5.74) is 1.09. The number of aromatic nitrogens is 2. The second kappa shape index (κ2) is 11.1. The van der Waals surface area contributed by atoms with Crippen LogP contribution in [0.4, 0.5) is 5.69 Å². The molecular weight excluding hydrogens is 388 g/mol. The Labute approximate surface area is 175 Å². The van der Waals surface area contributed by atoms with E-state index in [0.717, 1.165) is 32.9 Å². The zero-order chi connectivity index (χ0) is 22.1. The molecule has 1 aliphatic rings. The van der Waals surface area contributed by atoms with Crippen LogP contribution in [0, 0.1) is 12.8 Å². The fourth-order valence-electron chi connectivity index (χ4n) is 3.21. The third-order valence-electron chi connectivity index (χ3n) is 4.66.